The van der Waals surface area contributed by atoms with Gasteiger partial charge in [0.2, 0.25) is 0 Å². The van der Waals surface area contributed by atoms with Gasteiger partial charge in [-0.25, -0.2) is 13.6 Å². The number of hydrogen-bond acceptors (Lipinski definition) is 1. The van der Waals surface area contributed by atoms with Crippen molar-refractivity contribution in [3.8, 4) is 11.1 Å². The lowest BCUT2D eigenvalue weighted by Gasteiger charge is -2.09. The van der Waals surface area contributed by atoms with Crippen LogP contribution < -0.4 is 0 Å². The normalized spacial score (nSPS) is 11.0. The lowest BCUT2D eigenvalue weighted by Crippen LogP contribution is -2.03. The van der Waals surface area contributed by atoms with Crippen molar-refractivity contribution in [1.29, 1.82) is 0 Å². The van der Waals surface area contributed by atoms with Gasteiger partial charge in [-0.05, 0) is 29.7 Å². The van der Waals surface area contributed by atoms with Gasteiger partial charge in [0.15, 0.2) is 11.6 Å². The van der Waals surface area contributed by atoms with Gasteiger partial charge in [-0.2, -0.15) is 0 Å². The Morgan fingerprint density at radius 1 is 1.14 bits per heavy atom. The van der Waals surface area contributed by atoms with Gasteiger partial charge in [0.25, 0.3) is 0 Å². The maximum atomic E-state index is 14.0. The molecule has 0 aromatic heterocycles. The Morgan fingerprint density at radius 3 is 2.41 bits per heavy atom. The molecular formula is C18H16F2O2. The smallest absolute Gasteiger partial charge is 0.336 e. The standard InChI is InChI=1S/C18H16F2O2/c1-2-3-4-5-12-6-8-13(9-7-12)16-14(18(21)22)10-11-15(19)17(16)20/h4-11H,2-3H2,1H3,(H,21,22). The van der Waals surface area contributed by atoms with Crippen LogP contribution in [-0.4, -0.2) is 11.1 Å². The van der Waals surface area contributed by atoms with E-state index in [1.54, 1.807) is 24.3 Å². The van der Waals surface area contributed by atoms with E-state index in [4.69, 9.17) is 5.11 Å². The number of unbranched alkanes of at least 4 members (excludes halogenated alkanes) is 1. The summed E-state index contributed by atoms with van der Waals surface area (Å²) in [5.41, 5.74) is 0.776. The Hall–Kier alpha value is -2.49. The Labute approximate surface area is 127 Å². The summed E-state index contributed by atoms with van der Waals surface area (Å²) < 4.78 is 27.4. The van der Waals surface area contributed by atoms with E-state index in [1.165, 1.54) is 0 Å². The highest BCUT2D eigenvalue weighted by atomic mass is 19.2. The number of aromatic carboxylic acids is 1. The van der Waals surface area contributed by atoms with E-state index in [0.29, 0.717) is 5.56 Å². The topological polar surface area (TPSA) is 37.3 Å². The zero-order chi connectivity index (χ0) is 16.1. The zero-order valence-corrected chi connectivity index (χ0v) is 12.1. The van der Waals surface area contributed by atoms with E-state index < -0.39 is 17.6 Å². The first-order chi connectivity index (χ1) is 10.5. The molecule has 0 bridgehead atoms. The van der Waals surface area contributed by atoms with Gasteiger partial charge in [0.1, 0.15) is 0 Å². The van der Waals surface area contributed by atoms with Gasteiger partial charge in [-0.15, -0.1) is 0 Å². The first-order valence-corrected chi connectivity index (χ1v) is 7.03. The van der Waals surface area contributed by atoms with Gasteiger partial charge in [-0.1, -0.05) is 49.8 Å². The van der Waals surface area contributed by atoms with Gasteiger partial charge in [0, 0.05) is 5.56 Å². The molecule has 0 heterocycles. The molecule has 0 radical (unpaired) electrons. The lowest BCUT2D eigenvalue weighted by molar-refractivity contribution is 0.0697. The Bertz CT molecular complexity index is 704. The van der Waals surface area contributed by atoms with Crippen LogP contribution in [0.15, 0.2) is 42.5 Å². The number of hydrogen-bond donors (Lipinski definition) is 1. The van der Waals surface area contributed by atoms with Crippen LogP contribution in [0.4, 0.5) is 8.78 Å². The molecule has 0 aliphatic carbocycles. The minimum atomic E-state index is -1.29. The molecule has 2 rings (SSSR count). The Balaban J connectivity index is 2.44. The van der Waals surface area contributed by atoms with Crippen molar-refractivity contribution in [2.45, 2.75) is 19.8 Å². The minimum absolute atomic E-state index is 0.225. The minimum Gasteiger partial charge on any atom is -0.478 e. The van der Waals surface area contributed by atoms with Crippen LogP contribution in [0.25, 0.3) is 17.2 Å². The van der Waals surface area contributed by atoms with E-state index in [2.05, 4.69) is 6.92 Å². The fourth-order valence-corrected chi connectivity index (χ4v) is 2.16. The molecule has 0 saturated heterocycles. The quantitative estimate of drug-likeness (QED) is 0.830. The van der Waals surface area contributed by atoms with E-state index in [1.807, 2.05) is 12.2 Å². The fourth-order valence-electron chi connectivity index (χ4n) is 2.16. The molecule has 0 saturated carbocycles. The average molecular weight is 302 g/mol. The first kappa shape index (κ1) is 15.9. The largest absolute Gasteiger partial charge is 0.478 e. The highest BCUT2D eigenvalue weighted by Crippen LogP contribution is 2.29. The summed E-state index contributed by atoms with van der Waals surface area (Å²) in [5.74, 6) is -3.50. The molecule has 0 atom stereocenters. The molecule has 0 aliphatic rings. The number of benzene rings is 2. The summed E-state index contributed by atoms with van der Waals surface area (Å²) in [4.78, 5) is 11.2. The van der Waals surface area contributed by atoms with Crippen molar-refractivity contribution < 1.29 is 18.7 Å². The summed E-state index contributed by atoms with van der Waals surface area (Å²) in [6.07, 6.45) is 5.97. The SMILES string of the molecule is CCCC=Cc1ccc(-c2c(C(=O)O)ccc(F)c2F)cc1. The van der Waals surface area contributed by atoms with Crippen molar-refractivity contribution in [3.05, 3.63) is 65.2 Å². The van der Waals surface area contributed by atoms with Crippen LogP contribution in [0.5, 0.6) is 0 Å². The van der Waals surface area contributed by atoms with Crippen LogP contribution in [0.2, 0.25) is 0 Å². The molecule has 2 aromatic carbocycles. The maximum Gasteiger partial charge on any atom is 0.336 e. The second-order valence-electron chi connectivity index (χ2n) is 4.90. The number of rotatable bonds is 5. The summed E-state index contributed by atoms with van der Waals surface area (Å²) in [7, 11) is 0. The van der Waals surface area contributed by atoms with Crippen LogP contribution in [0, 0.1) is 11.6 Å². The second kappa shape index (κ2) is 6.98. The molecule has 0 fully saturated rings. The molecule has 0 amide bonds. The number of carboxylic acid groups (broad SMARTS) is 1. The highest BCUT2D eigenvalue weighted by molar-refractivity contribution is 5.96. The van der Waals surface area contributed by atoms with Crippen molar-refractivity contribution in [3.63, 3.8) is 0 Å². The molecule has 4 heteroatoms. The molecule has 0 unspecified atom stereocenters. The molecular weight excluding hydrogens is 286 g/mol. The van der Waals surface area contributed by atoms with Gasteiger partial charge in [-0.3, -0.25) is 0 Å². The maximum absolute atomic E-state index is 14.0. The van der Waals surface area contributed by atoms with E-state index >= 15 is 0 Å². The monoisotopic (exact) mass is 302 g/mol. The predicted molar refractivity (Wildman–Crippen MR) is 82.7 cm³/mol. The number of carboxylic acids is 1. The average Bonchev–Trinajstić information content (AvgIpc) is 2.51. The van der Waals surface area contributed by atoms with Crippen LogP contribution in [0.3, 0.4) is 0 Å². The van der Waals surface area contributed by atoms with Crippen molar-refractivity contribution >= 4 is 12.0 Å². The van der Waals surface area contributed by atoms with Crippen molar-refractivity contribution in [2.75, 3.05) is 0 Å². The van der Waals surface area contributed by atoms with Crippen molar-refractivity contribution in [1.82, 2.24) is 0 Å². The van der Waals surface area contributed by atoms with E-state index in [-0.39, 0.29) is 11.1 Å². The number of allylic oxidation sites excluding steroid dienone is 1. The van der Waals surface area contributed by atoms with Gasteiger partial charge < -0.3 is 5.11 Å². The van der Waals surface area contributed by atoms with Crippen LogP contribution in [0.1, 0.15) is 35.7 Å². The van der Waals surface area contributed by atoms with E-state index in [9.17, 15) is 13.6 Å². The summed E-state index contributed by atoms with van der Waals surface area (Å²) in [6.45, 7) is 2.08. The number of halogens is 2. The fraction of sp³-hybridized carbons (Fsp3) is 0.167. The summed E-state index contributed by atoms with van der Waals surface area (Å²) in [6, 6.07) is 8.58. The Kier molecular flexibility index (Phi) is 5.04. The first-order valence-electron chi connectivity index (χ1n) is 7.03. The predicted octanol–water partition coefficient (Wildman–Crippen LogP) is 5.14. The number of carbonyl (C=O) groups is 1. The second-order valence-corrected chi connectivity index (χ2v) is 4.90. The molecule has 22 heavy (non-hydrogen) atoms. The van der Waals surface area contributed by atoms with Crippen LogP contribution in [-0.2, 0) is 0 Å². The van der Waals surface area contributed by atoms with Crippen molar-refractivity contribution in [2.24, 2.45) is 0 Å². The molecule has 1 N–H and O–H groups in total. The van der Waals surface area contributed by atoms with E-state index in [0.717, 1.165) is 30.5 Å². The molecule has 2 nitrogen and oxygen atoms in total. The third-order valence-electron chi connectivity index (χ3n) is 3.29. The van der Waals surface area contributed by atoms with Crippen LogP contribution >= 0.6 is 0 Å². The molecule has 0 aliphatic heterocycles. The molecule has 0 spiro atoms. The summed E-state index contributed by atoms with van der Waals surface area (Å²) >= 11 is 0. The third kappa shape index (κ3) is 3.39. The lowest BCUT2D eigenvalue weighted by atomic mass is 9.97. The Morgan fingerprint density at radius 2 is 1.82 bits per heavy atom. The molecule has 114 valence electrons. The molecule has 2 aromatic rings. The third-order valence-corrected chi connectivity index (χ3v) is 3.29. The highest BCUT2D eigenvalue weighted by Gasteiger charge is 2.19. The van der Waals surface area contributed by atoms with Gasteiger partial charge >= 0.3 is 5.97 Å². The summed E-state index contributed by atoms with van der Waals surface area (Å²) in [5, 5.41) is 9.14. The zero-order valence-electron chi connectivity index (χ0n) is 12.1. The van der Waals surface area contributed by atoms with Gasteiger partial charge in [0.05, 0.1) is 5.56 Å².